The van der Waals surface area contributed by atoms with E-state index in [1.165, 1.54) is 16.0 Å². The third-order valence-electron chi connectivity index (χ3n) is 5.59. The Morgan fingerprint density at radius 1 is 1.29 bits per heavy atom. The quantitative estimate of drug-likeness (QED) is 0.642. The van der Waals surface area contributed by atoms with Crippen LogP contribution >= 0.6 is 11.3 Å². The van der Waals surface area contributed by atoms with Gasteiger partial charge >= 0.3 is 0 Å². The van der Waals surface area contributed by atoms with Crippen molar-refractivity contribution in [1.82, 2.24) is 9.97 Å². The van der Waals surface area contributed by atoms with Crippen LogP contribution < -0.4 is 10.9 Å². The summed E-state index contributed by atoms with van der Waals surface area (Å²) in [6, 6.07) is 8.01. The van der Waals surface area contributed by atoms with Crippen LogP contribution in [-0.2, 0) is 24.1 Å². The zero-order chi connectivity index (χ0) is 19.7. The number of rotatable bonds is 6. The molecule has 1 atom stereocenters. The Bertz CT molecular complexity index is 1070. The SMILES string of the molecule is CC[C@H](C)c1ccc(NC(=O)CCc2nc3sc4c(c3c(=O)[nH]2)CCC4)cc1. The van der Waals surface area contributed by atoms with Crippen molar-refractivity contribution in [3.05, 3.63) is 56.4 Å². The number of carbonyl (C=O) groups is 1. The standard InChI is InChI=1S/C22H25N3O2S/c1-3-13(2)14-7-9-15(10-8-14)23-19(26)12-11-18-24-21(27)20-16-5-4-6-17(16)28-22(20)25-18/h7-10,13H,3-6,11-12H2,1-2H3,(H,23,26)(H,24,25,27)/t13-/m0/s1. The van der Waals surface area contributed by atoms with Gasteiger partial charge in [-0.05, 0) is 54.9 Å². The molecule has 1 aliphatic rings. The highest BCUT2D eigenvalue weighted by molar-refractivity contribution is 7.18. The lowest BCUT2D eigenvalue weighted by atomic mass is 9.99. The summed E-state index contributed by atoms with van der Waals surface area (Å²) in [7, 11) is 0. The molecular formula is C22H25N3O2S. The topological polar surface area (TPSA) is 74.8 Å². The van der Waals surface area contributed by atoms with Gasteiger partial charge in [-0.1, -0.05) is 26.0 Å². The van der Waals surface area contributed by atoms with E-state index in [0.717, 1.165) is 41.6 Å². The molecule has 2 aromatic heterocycles. The number of H-pyrrole nitrogens is 1. The molecule has 0 spiro atoms. The first-order valence-corrected chi connectivity index (χ1v) is 10.8. The van der Waals surface area contributed by atoms with E-state index >= 15 is 0 Å². The van der Waals surface area contributed by atoms with Gasteiger partial charge in [0.25, 0.3) is 5.56 Å². The van der Waals surface area contributed by atoms with Gasteiger partial charge in [0.15, 0.2) is 0 Å². The smallest absolute Gasteiger partial charge is 0.259 e. The summed E-state index contributed by atoms with van der Waals surface area (Å²) in [5.41, 5.74) is 3.18. The monoisotopic (exact) mass is 395 g/mol. The summed E-state index contributed by atoms with van der Waals surface area (Å²) in [6.45, 7) is 4.36. The van der Waals surface area contributed by atoms with Crippen LogP contribution in [0.25, 0.3) is 10.2 Å². The van der Waals surface area contributed by atoms with Gasteiger partial charge in [-0.2, -0.15) is 0 Å². The molecule has 0 fully saturated rings. The number of nitrogens with one attached hydrogen (secondary N) is 2. The number of aryl methyl sites for hydroxylation is 3. The van der Waals surface area contributed by atoms with Crippen LogP contribution in [0.2, 0.25) is 0 Å². The molecule has 0 bridgehead atoms. The molecule has 1 aromatic carbocycles. The molecule has 0 saturated heterocycles. The van der Waals surface area contributed by atoms with E-state index in [1.54, 1.807) is 11.3 Å². The number of nitrogens with zero attached hydrogens (tertiary/aromatic N) is 1. The average Bonchev–Trinajstić information content (AvgIpc) is 3.27. The molecule has 0 unspecified atom stereocenters. The van der Waals surface area contributed by atoms with Crippen LogP contribution in [-0.4, -0.2) is 15.9 Å². The Morgan fingerprint density at radius 2 is 2.07 bits per heavy atom. The third-order valence-corrected chi connectivity index (χ3v) is 6.77. The predicted octanol–water partition coefficient (Wildman–Crippen LogP) is 4.56. The van der Waals surface area contributed by atoms with Crippen molar-refractivity contribution in [3.8, 4) is 0 Å². The van der Waals surface area contributed by atoms with Gasteiger partial charge in [0.2, 0.25) is 5.91 Å². The Hall–Kier alpha value is -2.47. The maximum atomic E-state index is 12.5. The lowest BCUT2D eigenvalue weighted by molar-refractivity contribution is -0.116. The molecule has 0 aliphatic heterocycles. The Balaban J connectivity index is 1.40. The summed E-state index contributed by atoms with van der Waals surface area (Å²) >= 11 is 1.63. The van der Waals surface area contributed by atoms with Crippen LogP contribution in [0.3, 0.4) is 0 Å². The Kier molecular flexibility index (Phi) is 5.31. The number of thiophene rings is 1. The average molecular weight is 396 g/mol. The molecular weight excluding hydrogens is 370 g/mol. The van der Waals surface area contributed by atoms with Crippen LogP contribution in [0, 0.1) is 0 Å². The Morgan fingerprint density at radius 3 is 2.82 bits per heavy atom. The van der Waals surface area contributed by atoms with Gasteiger partial charge in [0, 0.05) is 23.4 Å². The number of anilines is 1. The highest BCUT2D eigenvalue weighted by Gasteiger charge is 2.21. The molecule has 2 heterocycles. The molecule has 1 aliphatic carbocycles. The molecule has 1 amide bonds. The number of hydrogen-bond acceptors (Lipinski definition) is 4. The number of amides is 1. The van der Waals surface area contributed by atoms with E-state index in [1.807, 2.05) is 12.1 Å². The second kappa shape index (κ2) is 7.87. The number of fused-ring (bicyclic) bond motifs is 3. The minimum Gasteiger partial charge on any atom is -0.326 e. The molecule has 6 heteroatoms. The lowest BCUT2D eigenvalue weighted by Gasteiger charge is -2.10. The number of aromatic amines is 1. The van der Waals surface area contributed by atoms with E-state index in [2.05, 4.69) is 41.3 Å². The number of aromatic nitrogens is 2. The lowest BCUT2D eigenvalue weighted by Crippen LogP contribution is -2.16. The zero-order valence-corrected chi connectivity index (χ0v) is 17.1. The molecule has 3 aromatic rings. The van der Waals surface area contributed by atoms with E-state index < -0.39 is 0 Å². The molecule has 28 heavy (non-hydrogen) atoms. The van der Waals surface area contributed by atoms with Crippen LogP contribution in [0.4, 0.5) is 5.69 Å². The van der Waals surface area contributed by atoms with Crippen molar-refractivity contribution in [3.63, 3.8) is 0 Å². The molecule has 5 nitrogen and oxygen atoms in total. The van der Waals surface area contributed by atoms with Gasteiger partial charge in [0.1, 0.15) is 10.7 Å². The van der Waals surface area contributed by atoms with Gasteiger partial charge in [0.05, 0.1) is 5.39 Å². The molecule has 0 radical (unpaired) electrons. The first-order chi connectivity index (χ1) is 13.5. The van der Waals surface area contributed by atoms with Crippen molar-refractivity contribution in [1.29, 1.82) is 0 Å². The summed E-state index contributed by atoms with van der Waals surface area (Å²) in [6.07, 6.45) is 4.93. The van der Waals surface area contributed by atoms with Crippen molar-refractivity contribution < 1.29 is 4.79 Å². The minimum atomic E-state index is -0.0762. The zero-order valence-electron chi connectivity index (χ0n) is 16.3. The molecule has 146 valence electrons. The number of carbonyl (C=O) groups excluding carboxylic acids is 1. The largest absolute Gasteiger partial charge is 0.326 e. The van der Waals surface area contributed by atoms with Gasteiger partial charge in [-0.3, -0.25) is 9.59 Å². The maximum Gasteiger partial charge on any atom is 0.259 e. The summed E-state index contributed by atoms with van der Waals surface area (Å²) in [5, 5.41) is 3.68. The van der Waals surface area contributed by atoms with Crippen molar-refractivity contribution >= 4 is 33.1 Å². The molecule has 4 rings (SSSR count). The van der Waals surface area contributed by atoms with Gasteiger partial charge in [-0.25, -0.2) is 4.98 Å². The molecule has 2 N–H and O–H groups in total. The van der Waals surface area contributed by atoms with E-state index in [0.29, 0.717) is 18.2 Å². The van der Waals surface area contributed by atoms with E-state index in [9.17, 15) is 9.59 Å². The highest BCUT2D eigenvalue weighted by Crippen LogP contribution is 2.34. The van der Waals surface area contributed by atoms with E-state index in [4.69, 9.17) is 0 Å². The first-order valence-electron chi connectivity index (χ1n) is 9.98. The fraction of sp³-hybridized carbons (Fsp3) is 0.409. The van der Waals surface area contributed by atoms with E-state index in [-0.39, 0.29) is 17.9 Å². The van der Waals surface area contributed by atoms with Gasteiger partial charge in [-0.15, -0.1) is 11.3 Å². The fourth-order valence-corrected chi connectivity index (χ4v) is 5.03. The van der Waals surface area contributed by atoms with Gasteiger partial charge < -0.3 is 10.3 Å². The maximum absolute atomic E-state index is 12.5. The highest BCUT2D eigenvalue weighted by atomic mass is 32.1. The number of benzene rings is 1. The summed E-state index contributed by atoms with van der Waals surface area (Å²) in [4.78, 5) is 34.4. The van der Waals surface area contributed by atoms with Crippen molar-refractivity contribution in [2.45, 2.75) is 58.3 Å². The summed E-state index contributed by atoms with van der Waals surface area (Å²) in [5.74, 6) is 1.02. The molecule has 0 saturated carbocycles. The van der Waals surface area contributed by atoms with Crippen LogP contribution in [0.1, 0.15) is 60.9 Å². The minimum absolute atomic E-state index is 0.0690. The normalized spacial score (nSPS) is 14.2. The Labute approximate surface area is 168 Å². The third kappa shape index (κ3) is 3.74. The second-order valence-electron chi connectivity index (χ2n) is 7.53. The fourth-order valence-electron chi connectivity index (χ4n) is 3.75. The van der Waals surface area contributed by atoms with Crippen molar-refractivity contribution in [2.24, 2.45) is 0 Å². The predicted molar refractivity (Wildman–Crippen MR) is 114 cm³/mol. The second-order valence-corrected chi connectivity index (χ2v) is 8.61. The van der Waals surface area contributed by atoms with Crippen LogP contribution in [0.15, 0.2) is 29.1 Å². The first kappa shape index (κ1) is 18.9. The van der Waals surface area contributed by atoms with Crippen molar-refractivity contribution in [2.75, 3.05) is 5.32 Å². The van der Waals surface area contributed by atoms with Crippen LogP contribution in [0.5, 0.6) is 0 Å². The number of hydrogen-bond donors (Lipinski definition) is 2. The summed E-state index contributed by atoms with van der Waals surface area (Å²) < 4.78 is 0.